The minimum absolute atomic E-state index is 0.362. The highest BCUT2D eigenvalue weighted by molar-refractivity contribution is 5.77. The quantitative estimate of drug-likeness (QED) is 0.703. The molecule has 0 aromatic rings. The number of carbonyl (C=O) groups is 1. The van der Waals surface area contributed by atoms with Crippen LogP contribution in [0.1, 0.15) is 52.4 Å². The lowest BCUT2D eigenvalue weighted by Crippen LogP contribution is -2.36. The van der Waals surface area contributed by atoms with Crippen LogP contribution >= 0.6 is 0 Å². The fourth-order valence-electron chi connectivity index (χ4n) is 2.11. The average Bonchev–Trinajstić information content (AvgIpc) is 3.12. The highest BCUT2D eigenvalue weighted by Gasteiger charge is 2.32. The lowest BCUT2D eigenvalue weighted by atomic mass is 10.1. The molecule has 0 unspecified atom stereocenters. The molecule has 2 aliphatic carbocycles. The summed E-state index contributed by atoms with van der Waals surface area (Å²) in [5.41, 5.74) is 0. The van der Waals surface area contributed by atoms with Crippen LogP contribution < -0.4 is 5.32 Å². The van der Waals surface area contributed by atoms with Crippen molar-refractivity contribution in [3.8, 4) is 0 Å². The summed E-state index contributed by atoms with van der Waals surface area (Å²) in [4.78, 5) is 14.3. The number of nitrogens with one attached hydrogen (secondary N) is 1. The topological polar surface area (TPSA) is 32.3 Å². The molecule has 0 bridgehead atoms. The molecule has 0 atom stereocenters. The van der Waals surface area contributed by atoms with Crippen molar-refractivity contribution in [3.63, 3.8) is 0 Å². The summed E-state index contributed by atoms with van der Waals surface area (Å²) in [7, 11) is 0. The normalized spacial score (nSPS) is 19.7. The van der Waals surface area contributed by atoms with Gasteiger partial charge in [-0.1, -0.05) is 13.8 Å². The fourth-order valence-corrected chi connectivity index (χ4v) is 2.11. The minimum Gasteiger partial charge on any atom is -0.340 e. The number of rotatable bonds is 8. The van der Waals surface area contributed by atoms with Crippen molar-refractivity contribution in [2.75, 3.05) is 13.1 Å². The van der Waals surface area contributed by atoms with E-state index in [0.29, 0.717) is 30.3 Å². The highest BCUT2D eigenvalue weighted by atomic mass is 16.2. The molecule has 98 valence electrons. The van der Waals surface area contributed by atoms with E-state index in [4.69, 9.17) is 0 Å². The molecule has 2 fully saturated rings. The zero-order valence-electron chi connectivity index (χ0n) is 11.2. The first-order chi connectivity index (χ1) is 8.16. The summed E-state index contributed by atoms with van der Waals surface area (Å²) in [6.45, 7) is 6.29. The van der Waals surface area contributed by atoms with E-state index in [2.05, 4.69) is 24.1 Å². The third kappa shape index (κ3) is 4.66. The summed E-state index contributed by atoms with van der Waals surface area (Å²) in [5.74, 6) is 1.05. The molecule has 0 aromatic heterocycles. The molecule has 3 heteroatoms. The lowest BCUT2D eigenvalue weighted by Gasteiger charge is -2.23. The molecule has 0 aromatic carbocycles. The van der Waals surface area contributed by atoms with E-state index in [0.717, 1.165) is 19.5 Å². The smallest absolute Gasteiger partial charge is 0.224 e. The van der Waals surface area contributed by atoms with Crippen LogP contribution in [-0.4, -0.2) is 36.0 Å². The maximum absolute atomic E-state index is 12.1. The predicted molar refractivity (Wildman–Crippen MR) is 69.8 cm³/mol. The van der Waals surface area contributed by atoms with E-state index >= 15 is 0 Å². The highest BCUT2D eigenvalue weighted by Crippen LogP contribution is 2.28. The van der Waals surface area contributed by atoms with Crippen molar-refractivity contribution >= 4 is 5.91 Å². The Balaban J connectivity index is 1.67. The fraction of sp³-hybridized carbons (Fsp3) is 0.929. The zero-order chi connectivity index (χ0) is 12.3. The summed E-state index contributed by atoms with van der Waals surface area (Å²) < 4.78 is 0. The van der Waals surface area contributed by atoms with Gasteiger partial charge in [-0.15, -0.1) is 0 Å². The van der Waals surface area contributed by atoms with Gasteiger partial charge in [0.1, 0.15) is 0 Å². The number of nitrogens with zero attached hydrogens (tertiary/aromatic N) is 1. The summed E-state index contributed by atoms with van der Waals surface area (Å²) >= 11 is 0. The minimum atomic E-state index is 0.362. The van der Waals surface area contributed by atoms with Crippen molar-refractivity contribution in [2.24, 2.45) is 5.92 Å². The number of hydrogen-bond acceptors (Lipinski definition) is 2. The number of hydrogen-bond donors (Lipinski definition) is 1. The van der Waals surface area contributed by atoms with Gasteiger partial charge < -0.3 is 10.2 Å². The molecule has 0 heterocycles. The van der Waals surface area contributed by atoms with Gasteiger partial charge in [0.05, 0.1) is 0 Å². The van der Waals surface area contributed by atoms with E-state index in [-0.39, 0.29) is 0 Å². The standard InChI is InChI=1S/C14H26N2O/c1-11(2)8-10-16(13-5-6-13)14(17)7-9-15-12-3-4-12/h11-13,15H,3-10H2,1-2H3. The molecule has 2 aliphatic rings. The van der Waals surface area contributed by atoms with Crippen LogP contribution in [0.5, 0.6) is 0 Å². The Kier molecular flexibility index (Phi) is 4.43. The largest absolute Gasteiger partial charge is 0.340 e. The van der Waals surface area contributed by atoms with Gasteiger partial charge >= 0.3 is 0 Å². The van der Waals surface area contributed by atoms with Crippen LogP contribution in [0.3, 0.4) is 0 Å². The van der Waals surface area contributed by atoms with E-state index < -0.39 is 0 Å². The molecule has 1 N–H and O–H groups in total. The van der Waals surface area contributed by atoms with E-state index in [1.165, 1.54) is 25.7 Å². The van der Waals surface area contributed by atoms with Crippen LogP contribution in [0.4, 0.5) is 0 Å². The summed E-state index contributed by atoms with van der Waals surface area (Å²) in [6.07, 6.45) is 6.87. The lowest BCUT2D eigenvalue weighted by molar-refractivity contribution is -0.131. The second kappa shape index (κ2) is 5.85. The Bertz CT molecular complexity index is 257. The van der Waals surface area contributed by atoms with Crippen molar-refractivity contribution in [1.82, 2.24) is 10.2 Å². The molecule has 0 spiro atoms. The second-order valence-electron chi connectivity index (χ2n) is 5.98. The van der Waals surface area contributed by atoms with Crippen molar-refractivity contribution < 1.29 is 4.79 Å². The third-order valence-electron chi connectivity index (χ3n) is 3.60. The molecule has 0 aliphatic heterocycles. The Hall–Kier alpha value is -0.570. The van der Waals surface area contributed by atoms with Crippen molar-refractivity contribution in [3.05, 3.63) is 0 Å². The van der Waals surface area contributed by atoms with Crippen molar-refractivity contribution in [2.45, 2.75) is 64.5 Å². The van der Waals surface area contributed by atoms with Crippen LogP contribution in [0.15, 0.2) is 0 Å². The van der Waals surface area contributed by atoms with E-state index in [9.17, 15) is 4.79 Å². The molecule has 17 heavy (non-hydrogen) atoms. The van der Waals surface area contributed by atoms with Crippen molar-refractivity contribution in [1.29, 1.82) is 0 Å². The molecule has 0 saturated heterocycles. The molecular formula is C14H26N2O. The first kappa shape index (κ1) is 12.9. The van der Waals surface area contributed by atoms with Gasteiger partial charge in [-0.3, -0.25) is 4.79 Å². The first-order valence-corrected chi connectivity index (χ1v) is 7.19. The maximum Gasteiger partial charge on any atom is 0.224 e. The van der Waals surface area contributed by atoms with Crippen LogP contribution in [-0.2, 0) is 4.79 Å². The Morgan fingerprint density at radius 2 is 2.00 bits per heavy atom. The monoisotopic (exact) mass is 238 g/mol. The Morgan fingerprint density at radius 1 is 1.29 bits per heavy atom. The molecule has 0 radical (unpaired) electrons. The van der Waals surface area contributed by atoms with E-state index in [1.54, 1.807) is 0 Å². The zero-order valence-corrected chi connectivity index (χ0v) is 11.2. The van der Waals surface area contributed by atoms with Crippen LogP contribution in [0.25, 0.3) is 0 Å². The third-order valence-corrected chi connectivity index (χ3v) is 3.60. The van der Waals surface area contributed by atoms with Crippen LogP contribution in [0.2, 0.25) is 0 Å². The van der Waals surface area contributed by atoms with Gasteiger partial charge in [0.25, 0.3) is 0 Å². The molecule has 1 amide bonds. The SMILES string of the molecule is CC(C)CCN(C(=O)CCNC1CC1)C1CC1. The Labute approximate surface area is 105 Å². The molecule has 2 saturated carbocycles. The molecular weight excluding hydrogens is 212 g/mol. The van der Waals surface area contributed by atoms with Gasteiger partial charge in [-0.25, -0.2) is 0 Å². The van der Waals surface area contributed by atoms with Gasteiger partial charge in [-0.2, -0.15) is 0 Å². The summed E-state index contributed by atoms with van der Waals surface area (Å²) in [6, 6.07) is 1.29. The van der Waals surface area contributed by atoms with Gasteiger partial charge in [0, 0.05) is 31.6 Å². The van der Waals surface area contributed by atoms with Crippen LogP contribution in [0, 0.1) is 5.92 Å². The molecule has 3 nitrogen and oxygen atoms in total. The molecule has 2 rings (SSSR count). The van der Waals surface area contributed by atoms with E-state index in [1.807, 2.05) is 0 Å². The first-order valence-electron chi connectivity index (χ1n) is 7.19. The predicted octanol–water partition coefficient (Wildman–Crippen LogP) is 2.17. The van der Waals surface area contributed by atoms with Gasteiger partial charge in [-0.05, 0) is 38.0 Å². The average molecular weight is 238 g/mol. The number of amides is 1. The maximum atomic E-state index is 12.1. The van der Waals surface area contributed by atoms with Gasteiger partial charge in [0.2, 0.25) is 5.91 Å². The van der Waals surface area contributed by atoms with Gasteiger partial charge in [0.15, 0.2) is 0 Å². The summed E-state index contributed by atoms with van der Waals surface area (Å²) in [5, 5.41) is 3.42. The Morgan fingerprint density at radius 3 is 2.53 bits per heavy atom. The number of carbonyl (C=O) groups excluding carboxylic acids is 1. The second-order valence-corrected chi connectivity index (χ2v) is 5.98.